The van der Waals surface area contributed by atoms with Crippen molar-refractivity contribution in [1.82, 2.24) is 9.97 Å². The number of ether oxygens (including phenoxy) is 2. The predicted octanol–water partition coefficient (Wildman–Crippen LogP) is 2.44. The summed E-state index contributed by atoms with van der Waals surface area (Å²) in [5.41, 5.74) is 3.12. The molecule has 2 N–H and O–H groups in total. The number of aromatic amines is 1. The lowest BCUT2D eigenvalue weighted by Crippen LogP contribution is -2.36. The highest BCUT2D eigenvalue weighted by Gasteiger charge is 2.31. The number of hydrogen-bond donors (Lipinski definition) is 2. The largest absolute Gasteiger partial charge is 0.462 e. The Morgan fingerprint density at radius 3 is 2.90 bits per heavy atom. The average molecular weight is 274 g/mol. The molecule has 0 aliphatic carbocycles. The van der Waals surface area contributed by atoms with E-state index in [9.17, 15) is 5.11 Å². The summed E-state index contributed by atoms with van der Waals surface area (Å²) in [4.78, 5) is 7.16. The van der Waals surface area contributed by atoms with Gasteiger partial charge in [0, 0.05) is 30.7 Å². The number of nitrogens with one attached hydrogen (secondary N) is 1. The van der Waals surface area contributed by atoms with Gasteiger partial charge < -0.3 is 19.6 Å². The predicted molar refractivity (Wildman–Crippen MR) is 73.3 cm³/mol. The molecular formula is C15H18N2O3. The first-order valence-electron chi connectivity index (χ1n) is 6.60. The number of nitrogens with zero attached hydrogens (tertiary/aromatic N) is 1. The fourth-order valence-electron chi connectivity index (χ4n) is 2.38. The fraction of sp³-hybridized carbons (Fsp3) is 0.400. The van der Waals surface area contributed by atoms with Crippen molar-refractivity contribution in [2.45, 2.75) is 39.3 Å². The number of imidazole rings is 1. The summed E-state index contributed by atoms with van der Waals surface area (Å²) in [6.07, 6.45) is 0.766. The Morgan fingerprint density at radius 1 is 1.40 bits per heavy atom. The van der Waals surface area contributed by atoms with Crippen LogP contribution >= 0.6 is 0 Å². The SMILES string of the molecule is Cc1[nH]cnc1C(O)c1cccc2c1OC(C)(C)OC2. The lowest BCUT2D eigenvalue weighted by Gasteiger charge is -2.34. The van der Waals surface area contributed by atoms with E-state index in [0.717, 1.165) is 11.3 Å². The number of H-pyrrole nitrogens is 1. The minimum atomic E-state index is -0.815. The second-order valence-electron chi connectivity index (χ2n) is 5.44. The molecule has 1 aliphatic heterocycles. The number of aryl methyl sites for hydroxylation is 1. The van der Waals surface area contributed by atoms with Crippen LogP contribution in [-0.2, 0) is 11.3 Å². The molecule has 5 nitrogen and oxygen atoms in total. The summed E-state index contributed by atoms with van der Waals surface area (Å²) in [6, 6.07) is 5.70. The Bertz CT molecular complexity index is 634. The van der Waals surface area contributed by atoms with Gasteiger partial charge >= 0.3 is 0 Å². The molecule has 1 aromatic carbocycles. The van der Waals surface area contributed by atoms with E-state index in [2.05, 4.69) is 9.97 Å². The smallest absolute Gasteiger partial charge is 0.205 e. The van der Waals surface area contributed by atoms with E-state index in [1.807, 2.05) is 39.0 Å². The van der Waals surface area contributed by atoms with Crippen LogP contribution in [0.4, 0.5) is 0 Å². The number of rotatable bonds is 2. The standard InChI is InChI=1S/C15H18N2O3/c1-9-12(17-8-16-9)13(18)11-6-4-5-10-7-19-15(2,3)20-14(10)11/h4-6,8,13,18H,7H2,1-3H3,(H,16,17). The molecule has 106 valence electrons. The highest BCUT2D eigenvalue weighted by molar-refractivity contribution is 5.46. The summed E-state index contributed by atoms with van der Waals surface area (Å²) < 4.78 is 11.5. The third-order valence-corrected chi connectivity index (χ3v) is 3.47. The van der Waals surface area contributed by atoms with Crippen molar-refractivity contribution in [2.75, 3.05) is 0 Å². The number of aliphatic hydroxyl groups is 1. The fourth-order valence-corrected chi connectivity index (χ4v) is 2.38. The van der Waals surface area contributed by atoms with Crippen LogP contribution in [0.2, 0.25) is 0 Å². The van der Waals surface area contributed by atoms with Gasteiger partial charge in [0.15, 0.2) is 0 Å². The lowest BCUT2D eigenvalue weighted by molar-refractivity contribution is -0.180. The first kappa shape index (κ1) is 13.1. The summed E-state index contributed by atoms with van der Waals surface area (Å²) in [5, 5.41) is 10.6. The van der Waals surface area contributed by atoms with Gasteiger partial charge in [0.25, 0.3) is 0 Å². The van der Waals surface area contributed by atoms with E-state index in [1.165, 1.54) is 0 Å². The molecule has 0 bridgehead atoms. The molecule has 2 aromatic rings. The lowest BCUT2D eigenvalue weighted by atomic mass is 10.0. The third kappa shape index (κ3) is 2.19. The van der Waals surface area contributed by atoms with Gasteiger partial charge in [-0.05, 0) is 6.92 Å². The second kappa shape index (κ2) is 4.61. The third-order valence-electron chi connectivity index (χ3n) is 3.47. The van der Waals surface area contributed by atoms with Gasteiger partial charge in [-0.2, -0.15) is 0 Å². The molecule has 1 atom stereocenters. The van der Waals surface area contributed by atoms with Crippen molar-refractivity contribution in [3.8, 4) is 5.75 Å². The van der Waals surface area contributed by atoms with Gasteiger partial charge in [-0.15, -0.1) is 0 Å². The highest BCUT2D eigenvalue weighted by Crippen LogP contribution is 2.38. The first-order valence-corrected chi connectivity index (χ1v) is 6.60. The molecule has 2 heterocycles. The molecule has 1 aromatic heterocycles. The molecule has 20 heavy (non-hydrogen) atoms. The molecule has 0 saturated heterocycles. The zero-order valence-corrected chi connectivity index (χ0v) is 11.8. The molecular weight excluding hydrogens is 256 g/mol. The highest BCUT2D eigenvalue weighted by atomic mass is 16.7. The zero-order chi connectivity index (χ0) is 14.3. The van der Waals surface area contributed by atoms with Gasteiger partial charge in [-0.3, -0.25) is 0 Å². The van der Waals surface area contributed by atoms with Crippen molar-refractivity contribution in [3.63, 3.8) is 0 Å². The van der Waals surface area contributed by atoms with Crippen molar-refractivity contribution < 1.29 is 14.6 Å². The normalized spacial score (nSPS) is 18.2. The topological polar surface area (TPSA) is 67.4 Å². The van der Waals surface area contributed by atoms with E-state index in [4.69, 9.17) is 9.47 Å². The first-order chi connectivity index (χ1) is 9.48. The maximum absolute atomic E-state index is 10.6. The Hall–Kier alpha value is -1.85. The summed E-state index contributed by atoms with van der Waals surface area (Å²) >= 11 is 0. The number of benzene rings is 1. The van der Waals surface area contributed by atoms with Crippen molar-refractivity contribution >= 4 is 0 Å². The van der Waals surface area contributed by atoms with Crippen LogP contribution in [0.25, 0.3) is 0 Å². The average Bonchev–Trinajstić information content (AvgIpc) is 2.82. The molecule has 1 aliphatic rings. The van der Waals surface area contributed by atoms with E-state index in [0.29, 0.717) is 23.6 Å². The number of fused-ring (bicyclic) bond motifs is 1. The quantitative estimate of drug-likeness (QED) is 0.882. The molecule has 0 saturated carbocycles. The van der Waals surface area contributed by atoms with E-state index < -0.39 is 11.9 Å². The van der Waals surface area contributed by atoms with Gasteiger partial charge in [-0.1, -0.05) is 18.2 Å². The van der Waals surface area contributed by atoms with Crippen LogP contribution in [0.5, 0.6) is 5.75 Å². The maximum atomic E-state index is 10.6. The van der Waals surface area contributed by atoms with E-state index in [1.54, 1.807) is 6.33 Å². The Labute approximate surface area is 117 Å². The molecule has 3 rings (SSSR count). The van der Waals surface area contributed by atoms with Crippen molar-refractivity contribution in [2.24, 2.45) is 0 Å². The summed E-state index contributed by atoms with van der Waals surface area (Å²) in [5.74, 6) is 0.00217. The molecule has 5 heteroatoms. The Balaban J connectivity index is 2.05. The van der Waals surface area contributed by atoms with Gasteiger partial charge in [0.05, 0.1) is 18.6 Å². The molecule has 1 unspecified atom stereocenters. The number of para-hydroxylation sites is 1. The van der Waals surface area contributed by atoms with E-state index in [-0.39, 0.29) is 0 Å². The molecule has 0 spiro atoms. The molecule has 0 radical (unpaired) electrons. The van der Waals surface area contributed by atoms with Gasteiger partial charge in [-0.25, -0.2) is 4.98 Å². The monoisotopic (exact) mass is 274 g/mol. The number of hydrogen-bond acceptors (Lipinski definition) is 4. The van der Waals surface area contributed by atoms with Gasteiger partial charge in [0.2, 0.25) is 5.79 Å². The van der Waals surface area contributed by atoms with Crippen LogP contribution in [0, 0.1) is 6.92 Å². The Kier molecular flexibility index (Phi) is 3.03. The molecule has 0 fully saturated rings. The van der Waals surface area contributed by atoms with Crippen LogP contribution in [0.1, 0.15) is 42.5 Å². The second-order valence-corrected chi connectivity index (χ2v) is 5.44. The summed E-state index contributed by atoms with van der Waals surface area (Å²) in [6.45, 7) is 6.08. The summed E-state index contributed by atoms with van der Waals surface area (Å²) in [7, 11) is 0. The minimum Gasteiger partial charge on any atom is -0.462 e. The van der Waals surface area contributed by atoms with Gasteiger partial charge in [0.1, 0.15) is 11.9 Å². The Morgan fingerprint density at radius 2 is 2.20 bits per heavy atom. The maximum Gasteiger partial charge on any atom is 0.205 e. The minimum absolute atomic E-state index is 0.475. The van der Waals surface area contributed by atoms with Crippen molar-refractivity contribution in [3.05, 3.63) is 47.0 Å². The molecule has 0 amide bonds. The van der Waals surface area contributed by atoms with Crippen molar-refractivity contribution in [1.29, 1.82) is 0 Å². The van der Waals surface area contributed by atoms with Crippen LogP contribution in [-0.4, -0.2) is 20.9 Å². The van der Waals surface area contributed by atoms with Crippen LogP contribution in [0.3, 0.4) is 0 Å². The van der Waals surface area contributed by atoms with Crippen LogP contribution in [0.15, 0.2) is 24.5 Å². The zero-order valence-electron chi connectivity index (χ0n) is 11.8. The van der Waals surface area contributed by atoms with E-state index >= 15 is 0 Å². The number of aromatic nitrogens is 2. The van der Waals surface area contributed by atoms with Crippen LogP contribution < -0.4 is 4.74 Å². The number of aliphatic hydroxyl groups excluding tert-OH is 1.